The van der Waals surface area contributed by atoms with Gasteiger partial charge in [-0.3, -0.25) is 0 Å². The smallest absolute Gasteiger partial charge is 0.00670 e. The van der Waals surface area contributed by atoms with Crippen molar-refractivity contribution in [3.63, 3.8) is 0 Å². The highest BCUT2D eigenvalue weighted by Crippen LogP contribution is 2.17. The summed E-state index contributed by atoms with van der Waals surface area (Å²) in [5.41, 5.74) is 0. The molecular weight excluding hydrogens is 160 g/mol. The van der Waals surface area contributed by atoms with E-state index < -0.39 is 0 Å². The van der Waals surface area contributed by atoms with Crippen molar-refractivity contribution < 1.29 is 0 Å². The Morgan fingerprint density at radius 1 is 1.00 bits per heavy atom. The second-order valence-electron chi connectivity index (χ2n) is 4.10. The molecule has 0 bridgehead atoms. The lowest BCUT2D eigenvalue weighted by atomic mass is 10.2. The topological polar surface area (TPSA) is 24.1 Å². The molecule has 1 aliphatic carbocycles. The quantitative estimate of drug-likeness (QED) is 0.591. The third-order valence-corrected chi connectivity index (χ3v) is 2.89. The molecule has 2 nitrogen and oxygen atoms in total. The van der Waals surface area contributed by atoms with Crippen LogP contribution in [0.15, 0.2) is 0 Å². The molecule has 2 N–H and O–H groups in total. The second kappa shape index (κ2) is 7.34. The molecule has 0 aromatic rings. The third kappa shape index (κ3) is 5.27. The van der Waals surface area contributed by atoms with Crippen LogP contribution in [-0.2, 0) is 0 Å². The average molecular weight is 184 g/mol. The lowest BCUT2D eigenvalue weighted by molar-refractivity contribution is 0.501. The highest BCUT2D eigenvalue weighted by molar-refractivity contribution is 4.73. The summed E-state index contributed by atoms with van der Waals surface area (Å²) >= 11 is 0. The van der Waals surface area contributed by atoms with Gasteiger partial charge in [-0.15, -0.1) is 0 Å². The summed E-state index contributed by atoms with van der Waals surface area (Å²) in [5.74, 6) is 0. The molecular formula is C11H24N2. The Kier molecular flexibility index (Phi) is 6.21. The maximum atomic E-state index is 3.64. The fraction of sp³-hybridized carbons (Fsp3) is 1.00. The molecule has 0 aromatic carbocycles. The van der Waals surface area contributed by atoms with E-state index in [4.69, 9.17) is 0 Å². The van der Waals surface area contributed by atoms with Crippen molar-refractivity contribution in [3.8, 4) is 0 Å². The average Bonchev–Trinajstić information content (AvgIpc) is 2.63. The Bertz CT molecular complexity index is 109. The van der Waals surface area contributed by atoms with Crippen LogP contribution >= 0.6 is 0 Å². The molecule has 0 radical (unpaired) electrons. The van der Waals surface area contributed by atoms with Crippen LogP contribution in [0.3, 0.4) is 0 Å². The maximum absolute atomic E-state index is 3.64. The standard InChI is InChI=1S/C11H24N2/c1-12-9-5-2-6-10-13-11-7-3-4-8-11/h11-13H,2-10H2,1H3. The first-order valence-corrected chi connectivity index (χ1v) is 5.81. The molecule has 0 spiro atoms. The zero-order valence-electron chi connectivity index (χ0n) is 8.94. The van der Waals surface area contributed by atoms with Gasteiger partial charge in [-0.25, -0.2) is 0 Å². The summed E-state index contributed by atoms with van der Waals surface area (Å²) < 4.78 is 0. The zero-order chi connectivity index (χ0) is 9.36. The maximum Gasteiger partial charge on any atom is 0.00670 e. The number of hydrogen-bond donors (Lipinski definition) is 2. The fourth-order valence-corrected chi connectivity index (χ4v) is 2.04. The predicted octanol–water partition coefficient (Wildman–Crippen LogP) is 1.91. The van der Waals surface area contributed by atoms with Gasteiger partial charge in [-0.2, -0.15) is 0 Å². The van der Waals surface area contributed by atoms with Crippen molar-refractivity contribution in [2.75, 3.05) is 20.1 Å². The molecule has 1 aliphatic rings. The zero-order valence-corrected chi connectivity index (χ0v) is 8.94. The summed E-state index contributed by atoms with van der Waals surface area (Å²) in [6, 6.07) is 0.851. The van der Waals surface area contributed by atoms with Gasteiger partial charge in [0, 0.05) is 6.04 Å². The Morgan fingerprint density at radius 3 is 2.38 bits per heavy atom. The molecule has 78 valence electrons. The Balaban J connectivity index is 1.78. The number of nitrogens with one attached hydrogen (secondary N) is 2. The van der Waals surface area contributed by atoms with Crippen LogP contribution in [-0.4, -0.2) is 26.2 Å². The fourth-order valence-electron chi connectivity index (χ4n) is 2.04. The van der Waals surface area contributed by atoms with E-state index in [2.05, 4.69) is 10.6 Å². The van der Waals surface area contributed by atoms with Gasteiger partial charge in [0.15, 0.2) is 0 Å². The minimum atomic E-state index is 0.851. The third-order valence-electron chi connectivity index (χ3n) is 2.89. The van der Waals surface area contributed by atoms with Gasteiger partial charge in [0.1, 0.15) is 0 Å². The highest BCUT2D eigenvalue weighted by Gasteiger charge is 2.12. The van der Waals surface area contributed by atoms with E-state index in [1.165, 1.54) is 58.0 Å². The first kappa shape index (κ1) is 11.0. The van der Waals surface area contributed by atoms with Crippen LogP contribution < -0.4 is 10.6 Å². The summed E-state index contributed by atoms with van der Waals surface area (Å²) in [6.07, 6.45) is 9.74. The van der Waals surface area contributed by atoms with Crippen LogP contribution in [0.5, 0.6) is 0 Å². The van der Waals surface area contributed by atoms with Crippen LogP contribution in [0.25, 0.3) is 0 Å². The molecule has 1 saturated carbocycles. The summed E-state index contributed by atoms with van der Waals surface area (Å²) in [4.78, 5) is 0. The van der Waals surface area contributed by atoms with Crippen LogP contribution in [0.1, 0.15) is 44.9 Å². The Labute approximate surface area is 82.5 Å². The minimum absolute atomic E-state index is 0.851. The monoisotopic (exact) mass is 184 g/mol. The molecule has 2 heteroatoms. The van der Waals surface area contributed by atoms with E-state index in [-0.39, 0.29) is 0 Å². The first-order chi connectivity index (χ1) is 6.43. The second-order valence-corrected chi connectivity index (χ2v) is 4.10. The van der Waals surface area contributed by atoms with E-state index in [0.717, 1.165) is 6.04 Å². The predicted molar refractivity (Wildman–Crippen MR) is 58.0 cm³/mol. The molecule has 0 unspecified atom stereocenters. The number of unbranched alkanes of at least 4 members (excludes halogenated alkanes) is 2. The van der Waals surface area contributed by atoms with Gasteiger partial charge in [0.25, 0.3) is 0 Å². The SMILES string of the molecule is CNCCCCCNC1CCCC1. The van der Waals surface area contributed by atoms with Crippen LogP contribution in [0, 0.1) is 0 Å². The molecule has 0 aromatic heterocycles. The minimum Gasteiger partial charge on any atom is -0.320 e. The molecule has 13 heavy (non-hydrogen) atoms. The van der Waals surface area contributed by atoms with Gasteiger partial charge < -0.3 is 10.6 Å². The van der Waals surface area contributed by atoms with Crippen molar-refractivity contribution in [1.29, 1.82) is 0 Å². The normalized spacial score (nSPS) is 18.2. The van der Waals surface area contributed by atoms with E-state index in [1.807, 2.05) is 7.05 Å². The van der Waals surface area contributed by atoms with Gasteiger partial charge in [-0.05, 0) is 45.8 Å². The van der Waals surface area contributed by atoms with Crippen LogP contribution in [0.4, 0.5) is 0 Å². The summed E-state index contributed by atoms with van der Waals surface area (Å²) in [6.45, 7) is 2.40. The largest absolute Gasteiger partial charge is 0.320 e. The van der Waals surface area contributed by atoms with Crippen molar-refractivity contribution in [2.45, 2.75) is 51.0 Å². The van der Waals surface area contributed by atoms with Crippen LogP contribution in [0.2, 0.25) is 0 Å². The van der Waals surface area contributed by atoms with E-state index in [1.54, 1.807) is 0 Å². The van der Waals surface area contributed by atoms with Crippen molar-refractivity contribution in [2.24, 2.45) is 0 Å². The Morgan fingerprint density at radius 2 is 1.69 bits per heavy atom. The van der Waals surface area contributed by atoms with Crippen molar-refractivity contribution in [3.05, 3.63) is 0 Å². The van der Waals surface area contributed by atoms with Crippen molar-refractivity contribution in [1.82, 2.24) is 10.6 Å². The lowest BCUT2D eigenvalue weighted by Crippen LogP contribution is -2.26. The molecule has 0 atom stereocenters. The lowest BCUT2D eigenvalue weighted by Gasteiger charge is -2.10. The number of rotatable bonds is 7. The van der Waals surface area contributed by atoms with Gasteiger partial charge >= 0.3 is 0 Å². The molecule has 0 saturated heterocycles. The Hall–Kier alpha value is -0.0800. The summed E-state index contributed by atoms with van der Waals surface area (Å²) in [5, 5.41) is 6.82. The highest BCUT2D eigenvalue weighted by atomic mass is 14.9. The van der Waals surface area contributed by atoms with Crippen molar-refractivity contribution >= 4 is 0 Å². The molecule has 0 aliphatic heterocycles. The van der Waals surface area contributed by atoms with Gasteiger partial charge in [0.05, 0.1) is 0 Å². The molecule has 1 fully saturated rings. The van der Waals surface area contributed by atoms with Gasteiger partial charge in [0.2, 0.25) is 0 Å². The molecule has 0 amide bonds. The number of hydrogen-bond acceptors (Lipinski definition) is 2. The first-order valence-electron chi connectivity index (χ1n) is 5.81. The molecule has 1 rings (SSSR count). The van der Waals surface area contributed by atoms with E-state index in [0.29, 0.717) is 0 Å². The summed E-state index contributed by atoms with van der Waals surface area (Å²) in [7, 11) is 2.02. The van der Waals surface area contributed by atoms with Gasteiger partial charge in [-0.1, -0.05) is 19.3 Å². The van der Waals surface area contributed by atoms with E-state index >= 15 is 0 Å². The molecule has 0 heterocycles. The van der Waals surface area contributed by atoms with E-state index in [9.17, 15) is 0 Å².